The van der Waals surface area contributed by atoms with E-state index in [1.807, 2.05) is 0 Å². The van der Waals surface area contributed by atoms with Crippen LogP contribution in [0.4, 0.5) is 0 Å². The zero-order valence-electron chi connectivity index (χ0n) is 26.0. The average Bonchev–Trinajstić information content (AvgIpc) is 2.77. The van der Waals surface area contributed by atoms with E-state index < -0.39 is 118 Å². The lowest BCUT2D eigenvalue weighted by molar-refractivity contribution is 1.53. The highest BCUT2D eigenvalue weighted by Gasteiger charge is 2.10. The van der Waals surface area contributed by atoms with Crippen molar-refractivity contribution in [1.82, 2.24) is 0 Å². The van der Waals surface area contributed by atoms with Crippen molar-refractivity contribution in [2.45, 2.75) is 13.7 Å². The van der Waals surface area contributed by atoms with Crippen LogP contribution < -0.4 is 0 Å². The molecule has 96 valence electrons. The number of fused-ring (bicyclic) bond motifs is 4. The monoisotopic (exact) mass is 272 g/mol. The van der Waals surface area contributed by atoms with Crippen LogP contribution in [0.25, 0.3) is 32.3 Å². The van der Waals surface area contributed by atoms with Crippen LogP contribution >= 0.6 is 0 Å². The molecule has 4 aromatic carbocycles. The summed E-state index contributed by atoms with van der Waals surface area (Å²) in [5, 5.41) is -3.52. The third-order valence-corrected chi connectivity index (χ3v) is 3.19. The lowest BCUT2D eigenvalue weighted by Gasteiger charge is -2.14. The number of aryl methyl sites for hydroxylation is 2. The molecule has 0 bridgehead atoms. The Hall–Kier alpha value is -2.34. The van der Waals surface area contributed by atoms with Gasteiger partial charge in [-0.1, -0.05) is 60.4 Å². The van der Waals surface area contributed by atoms with Crippen LogP contribution in [0.3, 0.4) is 0 Å². The summed E-state index contributed by atoms with van der Waals surface area (Å²) in [6.07, 6.45) is 0. The minimum Gasteiger partial charge on any atom is -0.0616 e. The summed E-state index contributed by atoms with van der Waals surface area (Å²) >= 11 is 0. The lowest BCUT2D eigenvalue weighted by Crippen LogP contribution is -1.89. The van der Waals surface area contributed by atoms with E-state index in [1.165, 1.54) is 0 Å². The van der Waals surface area contributed by atoms with Gasteiger partial charge in [-0.05, 0) is 57.1 Å². The highest BCUT2D eigenvalue weighted by molar-refractivity contribution is 6.16. The SMILES string of the molecule is [2H]c1c([2H])c([2H])c2c(C([2H])([2H])[2H])c3c(c([2H])c([2H])c4c([2H])c([2H])c([2H])c([2H])c43)c(C([2H])([2H])[2H])c2c1[2H]. The second kappa shape index (κ2) is 4.08. The van der Waals surface area contributed by atoms with Crippen LogP contribution in [0.15, 0.2) is 60.4 Å². The average molecular weight is 272 g/mol. The molecule has 0 aliphatic rings. The van der Waals surface area contributed by atoms with Crippen molar-refractivity contribution in [3.63, 3.8) is 0 Å². The summed E-state index contributed by atoms with van der Waals surface area (Å²) in [6, 6.07) is -7.98. The van der Waals surface area contributed by atoms with Gasteiger partial charge in [0, 0.05) is 8.22 Å². The van der Waals surface area contributed by atoms with Crippen LogP contribution in [-0.2, 0) is 0 Å². The lowest BCUT2D eigenvalue weighted by atomic mass is 9.90. The van der Waals surface area contributed by atoms with Crippen molar-refractivity contribution in [2.75, 3.05) is 0 Å². The molecule has 0 heteroatoms. The molecule has 20 heavy (non-hydrogen) atoms. The maximum atomic E-state index is 8.61. The summed E-state index contributed by atoms with van der Waals surface area (Å²) in [5.74, 6) is 0. The van der Waals surface area contributed by atoms with Gasteiger partial charge in [-0.15, -0.1) is 0 Å². The Labute approximate surface area is 141 Å². The first-order chi connectivity index (χ1) is 16.4. The van der Waals surface area contributed by atoms with Crippen LogP contribution in [0, 0.1) is 13.7 Å². The Morgan fingerprint density at radius 2 is 1.30 bits per heavy atom. The van der Waals surface area contributed by atoms with Crippen molar-refractivity contribution in [1.29, 1.82) is 0 Å². The zero-order valence-corrected chi connectivity index (χ0v) is 10.0. The molecule has 0 amide bonds. The van der Waals surface area contributed by atoms with E-state index in [2.05, 4.69) is 0 Å². The van der Waals surface area contributed by atoms with Gasteiger partial charge in [-0.25, -0.2) is 0 Å². The summed E-state index contributed by atoms with van der Waals surface area (Å²) in [4.78, 5) is 0. The Kier molecular flexibility index (Phi) is 0.743. The van der Waals surface area contributed by atoms with Gasteiger partial charge < -0.3 is 0 Å². The van der Waals surface area contributed by atoms with E-state index in [9.17, 15) is 0 Å². The molecule has 0 aliphatic carbocycles. The Morgan fingerprint density at radius 1 is 0.650 bits per heavy atom. The van der Waals surface area contributed by atoms with Gasteiger partial charge in [0.25, 0.3) is 0 Å². The molecule has 0 fully saturated rings. The quantitative estimate of drug-likeness (QED) is 0.282. The minimum absolute atomic E-state index is 0.499. The van der Waals surface area contributed by atoms with Crippen molar-refractivity contribution in [2.24, 2.45) is 0 Å². The second-order valence-corrected chi connectivity index (χ2v) is 4.25. The minimum atomic E-state index is -3.18. The topological polar surface area (TPSA) is 0 Å². The first kappa shape index (κ1) is 3.65. The van der Waals surface area contributed by atoms with Crippen molar-refractivity contribution in [3.8, 4) is 0 Å². The molecule has 0 heterocycles. The molecule has 0 atom stereocenters. The molecule has 0 N–H and O–H groups in total. The number of hydrogen-bond acceptors (Lipinski definition) is 0. The fourth-order valence-corrected chi connectivity index (χ4v) is 2.28. The zero-order chi connectivity index (χ0) is 27.4. The molecule has 0 nitrogen and oxygen atoms in total. The molecular weight excluding hydrogens is 240 g/mol. The van der Waals surface area contributed by atoms with Crippen LogP contribution in [-0.4, -0.2) is 0 Å². The molecule has 0 saturated carbocycles. The third kappa shape index (κ3) is 1.42. The second-order valence-electron chi connectivity index (χ2n) is 4.25. The van der Waals surface area contributed by atoms with Gasteiger partial charge in [0.05, 0.1) is 13.7 Å². The third-order valence-electron chi connectivity index (χ3n) is 3.19. The Bertz CT molecular complexity index is 1640. The first-order valence-corrected chi connectivity index (χ1v) is 5.75. The molecular formula is C20H16. The molecule has 0 saturated heterocycles. The van der Waals surface area contributed by atoms with E-state index in [0.29, 0.717) is 0 Å². The standard InChI is InChI=1S/C20H16/c1-13-16-8-5-6-9-17(16)14(2)20-18(13)12-11-15-7-3-4-10-19(15)20/h3-12H,1-2H3/i1D3,2D3,3D,4D,5D,6D,7D,8D,9D,10D,11D,12D. The van der Waals surface area contributed by atoms with Gasteiger partial charge in [0.15, 0.2) is 0 Å². The highest BCUT2D eigenvalue weighted by Crippen LogP contribution is 2.36. The molecule has 4 rings (SSSR count). The number of rotatable bonds is 0. The van der Waals surface area contributed by atoms with Crippen molar-refractivity contribution < 1.29 is 21.9 Å². The van der Waals surface area contributed by atoms with E-state index in [1.54, 1.807) is 0 Å². The van der Waals surface area contributed by atoms with Crippen LogP contribution in [0.5, 0.6) is 0 Å². The molecule has 0 aliphatic heterocycles. The van der Waals surface area contributed by atoms with Gasteiger partial charge >= 0.3 is 0 Å². The maximum Gasteiger partial charge on any atom is 0.0630 e. The van der Waals surface area contributed by atoms with E-state index in [0.717, 1.165) is 0 Å². The molecule has 0 spiro atoms. The van der Waals surface area contributed by atoms with Crippen molar-refractivity contribution >= 4 is 32.3 Å². The predicted molar refractivity (Wildman–Crippen MR) is 88.4 cm³/mol. The Balaban J connectivity index is 2.70. The Morgan fingerprint density at radius 3 is 2.05 bits per heavy atom. The van der Waals surface area contributed by atoms with E-state index >= 15 is 0 Å². The van der Waals surface area contributed by atoms with E-state index in [4.69, 9.17) is 21.9 Å². The maximum absolute atomic E-state index is 8.61. The van der Waals surface area contributed by atoms with E-state index in [-0.39, 0.29) is 0 Å². The molecule has 0 aromatic heterocycles. The predicted octanol–water partition coefficient (Wildman–Crippen LogP) is 5.76. The van der Waals surface area contributed by atoms with Gasteiger partial charge in [-0.3, -0.25) is 0 Å². The molecule has 0 radical (unpaired) electrons. The van der Waals surface area contributed by atoms with Gasteiger partial charge in [0.1, 0.15) is 0 Å². The molecule has 4 aromatic rings. The summed E-state index contributed by atoms with van der Waals surface area (Å²) < 4.78 is 132. The van der Waals surface area contributed by atoms with Gasteiger partial charge in [0.2, 0.25) is 0 Å². The largest absolute Gasteiger partial charge is 0.0630 e. The fraction of sp³-hybridized carbons (Fsp3) is 0.100. The summed E-state index contributed by atoms with van der Waals surface area (Å²) in [5.41, 5.74) is -1.57. The van der Waals surface area contributed by atoms with Crippen LogP contribution in [0.2, 0.25) is 0 Å². The fourth-order valence-electron chi connectivity index (χ4n) is 2.28. The summed E-state index contributed by atoms with van der Waals surface area (Å²) in [7, 11) is 0. The normalized spacial score (nSPS) is 24.2. The number of hydrogen-bond donors (Lipinski definition) is 0. The van der Waals surface area contributed by atoms with Crippen LogP contribution in [0.1, 0.15) is 33.1 Å². The summed E-state index contributed by atoms with van der Waals surface area (Å²) in [6.45, 7) is -6.34. The number of benzene rings is 4. The molecule has 0 unspecified atom stereocenters. The van der Waals surface area contributed by atoms with Crippen molar-refractivity contribution in [3.05, 3.63) is 71.6 Å². The smallest absolute Gasteiger partial charge is 0.0616 e. The van der Waals surface area contributed by atoms with Gasteiger partial charge in [-0.2, -0.15) is 0 Å². The first-order valence-electron chi connectivity index (χ1n) is 13.8. The highest BCUT2D eigenvalue weighted by atomic mass is 14.1.